The van der Waals surface area contributed by atoms with Crippen LogP contribution in [0.25, 0.3) is 88.6 Å². The van der Waals surface area contributed by atoms with Gasteiger partial charge < -0.3 is 0 Å². The highest BCUT2D eigenvalue weighted by molar-refractivity contribution is 6.06. The number of fused-ring (bicyclic) bond motifs is 5. The Bertz CT molecular complexity index is 2580. The zero-order valence-electron chi connectivity index (χ0n) is 24.8. The number of rotatable bonds is 4. The second kappa shape index (κ2) is 10.7. The Labute approximate surface area is 265 Å². The van der Waals surface area contributed by atoms with Gasteiger partial charge in [0.2, 0.25) is 0 Å². The third kappa shape index (κ3) is 4.47. The summed E-state index contributed by atoms with van der Waals surface area (Å²) in [5, 5.41) is 4.37. The molecule has 0 unspecified atom stereocenters. The third-order valence-corrected chi connectivity index (χ3v) is 8.62. The molecular formula is C42H26N4. The smallest absolute Gasteiger partial charge is 0.0973 e. The number of nitrogens with zero attached hydrogens (tertiary/aromatic N) is 4. The molecule has 0 saturated carbocycles. The fraction of sp³-hybridized carbons (Fsp3) is 0. The monoisotopic (exact) mass is 586 g/mol. The number of aromatic nitrogens is 4. The molecule has 0 spiro atoms. The van der Waals surface area contributed by atoms with E-state index < -0.39 is 0 Å². The van der Waals surface area contributed by atoms with Crippen LogP contribution in [0.1, 0.15) is 0 Å². The van der Waals surface area contributed by atoms with Crippen molar-refractivity contribution >= 4 is 43.6 Å². The molecule has 4 nitrogen and oxygen atoms in total. The van der Waals surface area contributed by atoms with Crippen LogP contribution in [0, 0.1) is 0 Å². The number of pyridine rings is 2. The fourth-order valence-corrected chi connectivity index (χ4v) is 6.35. The molecule has 9 aromatic rings. The highest BCUT2D eigenvalue weighted by Crippen LogP contribution is 2.38. The SMILES string of the molecule is c1ccc(-c2ccc3ccc4ccc(-c5cc(-c6nc7ccccc7nc6-c6ccccc6)cc6ccccc56)nc4c3n2)cc1. The largest absolute Gasteiger partial charge is 0.245 e. The summed E-state index contributed by atoms with van der Waals surface area (Å²) in [4.78, 5) is 20.8. The average Bonchev–Trinajstić information content (AvgIpc) is 3.14. The van der Waals surface area contributed by atoms with Gasteiger partial charge in [-0.3, -0.25) is 0 Å². The molecule has 214 valence electrons. The molecule has 0 aliphatic rings. The predicted molar refractivity (Wildman–Crippen MR) is 189 cm³/mol. The first-order chi connectivity index (χ1) is 22.8. The van der Waals surface area contributed by atoms with Crippen molar-refractivity contribution in [2.24, 2.45) is 0 Å². The fourth-order valence-electron chi connectivity index (χ4n) is 6.35. The van der Waals surface area contributed by atoms with Crippen molar-refractivity contribution in [3.8, 4) is 45.0 Å². The van der Waals surface area contributed by atoms with Crippen LogP contribution < -0.4 is 0 Å². The van der Waals surface area contributed by atoms with Crippen molar-refractivity contribution in [1.82, 2.24) is 19.9 Å². The molecule has 6 aromatic carbocycles. The van der Waals surface area contributed by atoms with Gasteiger partial charge in [0.1, 0.15) is 0 Å². The van der Waals surface area contributed by atoms with Crippen molar-refractivity contribution in [1.29, 1.82) is 0 Å². The summed E-state index contributed by atoms with van der Waals surface area (Å²) in [5.74, 6) is 0. The van der Waals surface area contributed by atoms with E-state index in [4.69, 9.17) is 19.9 Å². The zero-order chi connectivity index (χ0) is 30.5. The van der Waals surface area contributed by atoms with E-state index in [0.29, 0.717) is 0 Å². The first kappa shape index (κ1) is 26.2. The van der Waals surface area contributed by atoms with E-state index in [2.05, 4.69) is 97.1 Å². The zero-order valence-corrected chi connectivity index (χ0v) is 24.8. The second-order valence-electron chi connectivity index (χ2n) is 11.5. The van der Waals surface area contributed by atoms with Crippen molar-refractivity contribution < 1.29 is 0 Å². The van der Waals surface area contributed by atoms with Gasteiger partial charge >= 0.3 is 0 Å². The van der Waals surface area contributed by atoms with Gasteiger partial charge in [-0.15, -0.1) is 0 Å². The predicted octanol–water partition coefficient (Wildman–Crippen LogP) is 10.5. The Balaban J connectivity index is 1.29. The van der Waals surface area contributed by atoms with Crippen LogP contribution >= 0.6 is 0 Å². The molecular weight excluding hydrogens is 560 g/mol. The maximum atomic E-state index is 5.33. The van der Waals surface area contributed by atoms with Crippen molar-refractivity contribution in [2.45, 2.75) is 0 Å². The van der Waals surface area contributed by atoms with Crippen LogP contribution in [0.3, 0.4) is 0 Å². The Morgan fingerprint density at radius 2 is 0.848 bits per heavy atom. The van der Waals surface area contributed by atoms with Gasteiger partial charge in [-0.1, -0.05) is 121 Å². The van der Waals surface area contributed by atoms with E-state index in [-0.39, 0.29) is 0 Å². The van der Waals surface area contributed by atoms with Crippen LogP contribution in [0.2, 0.25) is 0 Å². The Hall–Kier alpha value is -6.26. The molecule has 3 aromatic heterocycles. The highest BCUT2D eigenvalue weighted by atomic mass is 14.8. The summed E-state index contributed by atoms with van der Waals surface area (Å²) in [5.41, 5.74) is 11.2. The standard InChI is InChI=1S/C42H26N4/c1-3-11-27(12-4-1)35-23-21-29-19-20-30-22-24-36(44-41(30)40(29)43-35)34-26-32(25-31-15-7-8-16-33(31)34)42-39(28-13-5-2-6-14-28)45-37-17-9-10-18-38(37)46-42/h1-26H. The van der Waals surface area contributed by atoms with Crippen LogP contribution in [0.4, 0.5) is 0 Å². The minimum atomic E-state index is 0.845. The van der Waals surface area contributed by atoms with Gasteiger partial charge in [-0.2, -0.15) is 0 Å². The van der Waals surface area contributed by atoms with Crippen LogP contribution in [0.5, 0.6) is 0 Å². The summed E-state index contributed by atoms with van der Waals surface area (Å²) in [6.45, 7) is 0. The Kier molecular flexibility index (Phi) is 6.10. The molecule has 0 amide bonds. The van der Waals surface area contributed by atoms with Crippen LogP contribution in [-0.2, 0) is 0 Å². The molecule has 0 saturated heterocycles. The summed E-state index contributed by atoms with van der Waals surface area (Å²) >= 11 is 0. The van der Waals surface area contributed by atoms with E-state index in [1.54, 1.807) is 0 Å². The van der Waals surface area contributed by atoms with Gasteiger partial charge in [0, 0.05) is 33.0 Å². The van der Waals surface area contributed by atoms with Gasteiger partial charge in [0.25, 0.3) is 0 Å². The van der Waals surface area contributed by atoms with Gasteiger partial charge in [0.15, 0.2) is 0 Å². The topological polar surface area (TPSA) is 51.6 Å². The summed E-state index contributed by atoms with van der Waals surface area (Å²) < 4.78 is 0. The summed E-state index contributed by atoms with van der Waals surface area (Å²) in [6.07, 6.45) is 0. The van der Waals surface area contributed by atoms with Crippen molar-refractivity contribution in [3.05, 3.63) is 158 Å². The number of benzene rings is 6. The Morgan fingerprint density at radius 3 is 1.54 bits per heavy atom. The first-order valence-electron chi connectivity index (χ1n) is 15.4. The maximum absolute atomic E-state index is 5.33. The normalized spacial score (nSPS) is 11.5. The molecule has 0 N–H and O–H groups in total. The van der Waals surface area contributed by atoms with Crippen molar-refractivity contribution in [2.75, 3.05) is 0 Å². The lowest BCUT2D eigenvalue weighted by Crippen LogP contribution is -1.97. The number of hydrogen-bond donors (Lipinski definition) is 0. The molecule has 0 aliphatic carbocycles. The lowest BCUT2D eigenvalue weighted by Gasteiger charge is -2.14. The first-order valence-corrected chi connectivity index (χ1v) is 15.4. The van der Waals surface area contributed by atoms with E-state index in [9.17, 15) is 0 Å². The summed E-state index contributed by atoms with van der Waals surface area (Å²) in [6, 6.07) is 54.3. The Morgan fingerprint density at radius 1 is 0.326 bits per heavy atom. The molecule has 0 aliphatic heterocycles. The van der Waals surface area contributed by atoms with E-state index >= 15 is 0 Å². The molecule has 3 heterocycles. The van der Waals surface area contributed by atoms with Gasteiger partial charge in [-0.25, -0.2) is 19.9 Å². The second-order valence-corrected chi connectivity index (χ2v) is 11.5. The van der Waals surface area contributed by atoms with Gasteiger partial charge in [-0.05, 0) is 47.2 Å². The number of para-hydroxylation sites is 2. The quantitative estimate of drug-likeness (QED) is 0.193. The van der Waals surface area contributed by atoms with E-state index in [1.165, 1.54) is 0 Å². The molecule has 0 atom stereocenters. The van der Waals surface area contributed by atoms with E-state index in [1.807, 2.05) is 60.7 Å². The molecule has 0 bridgehead atoms. The maximum Gasteiger partial charge on any atom is 0.0973 e. The lowest BCUT2D eigenvalue weighted by atomic mass is 9.94. The van der Waals surface area contributed by atoms with Crippen molar-refractivity contribution in [3.63, 3.8) is 0 Å². The summed E-state index contributed by atoms with van der Waals surface area (Å²) in [7, 11) is 0. The van der Waals surface area contributed by atoms with Crippen LogP contribution in [0.15, 0.2) is 158 Å². The minimum Gasteiger partial charge on any atom is -0.245 e. The highest BCUT2D eigenvalue weighted by Gasteiger charge is 2.17. The molecule has 0 radical (unpaired) electrons. The number of hydrogen-bond acceptors (Lipinski definition) is 4. The molecule has 9 rings (SSSR count). The minimum absolute atomic E-state index is 0.845. The molecule has 4 heteroatoms. The lowest BCUT2D eigenvalue weighted by molar-refractivity contribution is 1.29. The van der Waals surface area contributed by atoms with Gasteiger partial charge in [0.05, 0.1) is 44.8 Å². The van der Waals surface area contributed by atoms with Crippen LogP contribution in [-0.4, -0.2) is 19.9 Å². The molecule has 0 fully saturated rings. The average molecular weight is 587 g/mol. The van der Waals surface area contributed by atoms with E-state index in [0.717, 1.165) is 88.6 Å². The third-order valence-electron chi connectivity index (χ3n) is 8.62. The molecule has 46 heavy (non-hydrogen) atoms.